The van der Waals surface area contributed by atoms with Gasteiger partial charge in [0.15, 0.2) is 0 Å². The predicted octanol–water partition coefficient (Wildman–Crippen LogP) is 0.945. The zero-order valence-corrected chi connectivity index (χ0v) is 13.9. The van der Waals surface area contributed by atoms with Gasteiger partial charge in [-0.15, -0.1) is 0 Å². The first kappa shape index (κ1) is 17.9. The minimum absolute atomic E-state index is 0.134. The first-order valence-electron chi connectivity index (χ1n) is 6.86. The number of nitrogens with one attached hydrogen (secondary N) is 1. The molecule has 1 atom stereocenters. The van der Waals surface area contributed by atoms with E-state index in [1.807, 2.05) is 38.1 Å². The molecule has 1 unspecified atom stereocenters. The minimum atomic E-state index is -3.57. The summed E-state index contributed by atoms with van der Waals surface area (Å²) < 4.78 is 33.6. The average molecular weight is 315 g/mol. The van der Waals surface area contributed by atoms with E-state index in [1.165, 1.54) is 11.4 Å². The maximum atomic E-state index is 12.3. The second kappa shape index (κ2) is 7.74. The molecule has 0 aliphatic heterocycles. The van der Waals surface area contributed by atoms with E-state index in [-0.39, 0.29) is 25.0 Å². The SMILES string of the molecule is COc1cccc(CN(C)S(=O)(=O)NC(CN)C(C)C)c1. The van der Waals surface area contributed by atoms with Crippen LogP contribution in [-0.4, -0.2) is 39.5 Å². The summed E-state index contributed by atoms with van der Waals surface area (Å²) in [5.74, 6) is 0.836. The Morgan fingerprint density at radius 1 is 1.38 bits per heavy atom. The number of rotatable bonds is 8. The lowest BCUT2D eigenvalue weighted by Gasteiger charge is -2.24. The van der Waals surface area contributed by atoms with Gasteiger partial charge in [0.2, 0.25) is 0 Å². The van der Waals surface area contributed by atoms with Crippen LogP contribution in [0.4, 0.5) is 0 Å². The summed E-state index contributed by atoms with van der Waals surface area (Å²) in [5, 5.41) is 0. The van der Waals surface area contributed by atoms with Crippen LogP contribution in [0.5, 0.6) is 5.75 Å². The number of nitrogens with two attached hydrogens (primary N) is 1. The van der Waals surface area contributed by atoms with Gasteiger partial charge in [-0.05, 0) is 23.6 Å². The summed E-state index contributed by atoms with van der Waals surface area (Å²) in [6.07, 6.45) is 0. The number of hydrogen-bond donors (Lipinski definition) is 2. The molecule has 21 heavy (non-hydrogen) atoms. The second-order valence-electron chi connectivity index (χ2n) is 5.32. The van der Waals surface area contributed by atoms with Gasteiger partial charge in [0.1, 0.15) is 5.75 Å². The maximum Gasteiger partial charge on any atom is 0.279 e. The van der Waals surface area contributed by atoms with Crippen LogP contribution < -0.4 is 15.2 Å². The van der Waals surface area contributed by atoms with Crippen LogP contribution >= 0.6 is 0 Å². The molecule has 3 N–H and O–H groups in total. The van der Waals surface area contributed by atoms with Crippen molar-refractivity contribution in [2.75, 3.05) is 20.7 Å². The molecule has 0 fully saturated rings. The van der Waals surface area contributed by atoms with E-state index in [9.17, 15) is 8.42 Å². The first-order chi connectivity index (χ1) is 9.80. The molecule has 120 valence electrons. The third kappa shape index (κ3) is 5.28. The molecule has 0 heterocycles. The summed E-state index contributed by atoms with van der Waals surface area (Å²) in [7, 11) is -0.455. The smallest absolute Gasteiger partial charge is 0.279 e. The lowest BCUT2D eigenvalue weighted by molar-refractivity contribution is 0.406. The zero-order chi connectivity index (χ0) is 16.0. The average Bonchev–Trinajstić information content (AvgIpc) is 2.44. The number of methoxy groups -OCH3 is 1. The summed E-state index contributed by atoms with van der Waals surface area (Å²) in [6.45, 7) is 4.40. The van der Waals surface area contributed by atoms with E-state index in [2.05, 4.69) is 4.72 Å². The fourth-order valence-electron chi connectivity index (χ4n) is 1.85. The molecule has 6 nitrogen and oxygen atoms in total. The Morgan fingerprint density at radius 3 is 2.57 bits per heavy atom. The zero-order valence-electron chi connectivity index (χ0n) is 13.0. The summed E-state index contributed by atoms with van der Waals surface area (Å²) in [5.41, 5.74) is 6.47. The van der Waals surface area contributed by atoms with Crippen LogP contribution in [-0.2, 0) is 16.8 Å². The molecule has 0 aliphatic carbocycles. The Bertz CT molecular complexity index is 546. The van der Waals surface area contributed by atoms with Crippen molar-refractivity contribution in [1.29, 1.82) is 0 Å². The number of benzene rings is 1. The van der Waals surface area contributed by atoms with Gasteiger partial charge in [-0.3, -0.25) is 0 Å². The van der Waals surface area contributed by atoms with Crippen molar-refractivity contribution in [2.45, 2.75) is 26.4 Å². The maximum absolute atomic E-state index is 12.3. The van der Waals surface area contributed by atoms with Gasteiger partial charge < -0.3 is 10.5 Å². The summed E-state index contributed by atoms with van der Waals surface area (Å²) >= 11 is 0. The molecule has 0 aromatic heterocycles. The second-order valence-corrected chi connectivity index (χ2v) is 7.13. The van der Waals surface area contributed by atoms with Crippen molar-refractivity contribution >= 4 is 10.2 Å². The van der Waals surface area contributed by atoms with Crippen molar-refractivity contribution in [3.05, 3.63) is 29.8 Å². The minimum Gasteiger partial charge on any atom is -0.497 e. The fraction of sp³-hybridized carbons (Fsp3) is 0.571. The van der Waals surface area contributed by atoms with Crippen molar-refractivity contribution in [3.8, 4) is 5.75 Å². The third-order valence-corrected chi connectivity index (χ3v) is 4.86. The van der Waals surface area contributed by atoms with Crippen LogP contribution in [0.1, 0.15) is 19.4 Å². The van der Waals surface area contributed by atoms with E-state index >= 15 is 0 Å². The standard InChI is InChI=1S/C14H25N3O3S/c1-11(2)14(9-15)16-21(18,19)17(3)10-12-6-5-7-13(8-12)20-4/h5-8,11,14,16H,9-10,15H2,1-4H3. The van der Waals surface area contributed by atoms with Gasteiger partial charge in [0.25, 0.3) is 10.2 Å². The Labute approximate surface area is 127 Å². The Hall–Kier alpha value is -1.15. The molecule has 0 spiro atoms. The predicted molar refractivity (Wildman–Crippen MR) is 84.2 cm³/mol. The Morgan fingerprint density at radius 2 is 2.05 bits per heavy atom. The van der Waals surface area contributed by atoms with Gasteiger partial charge in [0.05, 0.1) is 7.11 Å². The van der Waals surface area contributed by atoms with E-state index in [0.717, 1.165) is 5.56 Å². The van der Waals surface area contributed by atoms with Crippen molar-refractivity contribution in [1.82, 2.24) is 9.03 Å². The highest BCUT2D eigenvalue weighted by Gasteiger charge is 2.23. The molecular formula is C14H25N3O3S. The van der Waals surface area contributed by atoms with Gasteiger partial charge in [-0.1, -0.05) is 26.0 Å². The molecular weight excluding hydrogens is 290 g/mol. The largest absolute Gasteiger partial charge is 0.497 e. The van der Waals surface area contributed by atoms with Crippen molar-refractivity contribution in [3.63, 3.8) is 0 Å². The van der Waals surface area contributed by atoms with Crippen LogP contribution in [0.3, 0.4) is 0 Å². The summed E-state index contributed by atoms with van der Waals surface area (Å²) in [6, 6.07) is 7.05. The van der Waals surface area contributed by atoms with Crippen LogP contribution in [0, 0.1) is 5.92 Å². The lowest BCUT2D eigenvalue weighted by atomic mass is 10.1. The molecule has 0 amide bonds. The Balaban J connectivity index is 2.78. The quantitative estimate of drug-likeness (QED) is 0.748. The molecule has 1 aromatic carbocycles. The van der Waals surface area contributed by atoms with E-state index in [4.69, 9.17) is 10.5 Å². The lowest BCUT2D eigenvalue weighted by Crippen LogP contribution is -2.48. The monoisotopic (exact) mass is 315 g/mol. The molecule has 7 heteroatoms. The van der Waals surface area contributed by atoms with E-state index in [0.29, 0.717) is 5.75 Å². The molecule has 1 rings (SSSR count). The fourth-order valence-corrected chi connectivity index (χ4v) is 3.10. The van der Waals surface area contributed by atoms with Gasteiger partial charge >= 0.3 is 0 Å². The molecule has 1 aromatic rings. The molecule has 0 radical (unpaired) electrons. The number of ether oxygens (including phenoxy) is 1. The highest BCUT2D eigenvalue weighted by molar-refractivity contribution is 7.87. The van der Waals surface area contributed by atoms with E-state index < -0.39 is 10.2 Å². The van der Waals surface area contributed by atoms with Crippen molar-refractivity contribution < 1.29 is 13.2 Å². The summed E-state index contributed by atoms with van der Waals surface area (Å²) in [4.78, 5) is 0. The highest BCUT2D eigenvalue weighted by Crippen LogP contribution is 2.15. The van der Waals surface area contributed by atoms with Gasteiger partial charge in [0, 0.05) is 26.2 Å². The van der Waals surface area contributed by atoms with Gasteiger partial charge in [-0.2, -0.15) is 17.4 Å². The molecule has 0 saturated carbocycles. The highest BCUT2D eigenvalue weighted by atomic mass is 32.2. The number of hydrogen-bond acceptors (Lipinski definition) is 4. The third-order valence-electron chi connectivity index (χ3n) is 3.31. The normalized spacial score (nSPS) is 13.7. The first-order valence-corrected chi connectivity index (χ1v) is 8.30. The topological polar surface area (TPSA) is 84.7 Å². The molecule has 0 bridgehead atoms. The van der Waals surface area contributed by atoms with E-state index in [1.54, 1.807) is 7.11 Å². The molecule has 0 aliphatic rings. The van der Waals surface area contributed by atoms with Crippen molar-refractivity contribution in [2.24, 2.45) is 11.7 Å². The number of nitrogens with zero attached hydrogens (tertiary/aromatic N) is 1. The van der Waals surface area contributed by atoms with Crippen LogP contribution in [0.25, 0.3) is 0 Å². The van der Waals surface area contributed by atoms with Crippen LogP contribution in [0.2, 0.25) is 0 Å². The van der Waals surface area contributed by atoms with Gasteiger partial charge in [-0.25, -0.2) is 0 Å². The van der Waals surface area contributed by atoms with Crippen LogP contribution in [0.15, 0.2) is 24.3 Å². The Kier molecular flexibility index (Phi) is 6.60. The molecule has 0 saturated heterocycles.